The molecule has 0 aliphatic heterocycles. The summed E-state index contributed by atoms with van der Waals surface area (Å²) in [4.78, 5) is 11.0. The second kappa shape index (κ2) is 7.92. The number of carbonyl (C=O) groups is 1. The summed E-state index contributed by atoms with van der Waals surface area (Å²) in [5, 5.41) is 28.9. The number of rotatable bonds is 6. The van der Waals surface area contributed by atoms with E-state index in [0.717, 1.165) is 24.0 Å². The zero-order chi connectivity index (χ0) is 18.6. The van der Waals surface area contributed by atoms with Crippen molar-refractivity contribution in [1.29, 1.82) is 0 Å². The molecule has 134 valence electrons. The molecule has 5 nitrogen and oxygen atoms in total. The molecule has 0 aromatic heterocycles. The lowest BCUT2D eigenvalue weighted by molar-refractivity contribution is -0.132. The molecule has 0 bridgehead atoms. The number of carbonyl (C=O) groups excluding carboxylic acids is 1. The maximum absolute atomic E-state index is 11.0. The summed E-state index contributed by atoms with van der Waals surface area (Å²) < 4.78 is 4.92. The molecule has 2 atom stereocenters. The van der Waals surface area contributed by atoms with Gasteiger partial charge in [0, 0.05) is 6.92 Å². The first-order valence-corrected chi connectivity index (χ1v) is 8.27. The summed E-state index contributed by atoms with van der Waals surface area (Å²) in [6.45, 7) is 5.54. The predicted octanol–water partition coefficient (Wildman–Crippen LogP) is 3.79. The van der Waals surface area contributed by atoms with Crippen LogP contribution in [0.25, 0.3) is 0 Å². The molecule has 0 saturated heterocycles. The molecule has 25 heavy (non-hydrogen) atoms. The Morgan fingerprint density at radius 2 is 1.40 bits per heavy atom. The van der Waals surface area contributed by atoms with Crippen LogP contribution in [0.15, 0.2) is 36.4 Å². The number of ether oxygens (including phenoxy) is 1. The molecule has 2 aromatic carbocycles. The lowest BCUT2D eigenvalue weighted by Crippen LogP contribution is -2.13. The van der Waals surface area contributed by atoms with Gasteiger partial charge in [0.15, 0.2) is 23.0 Å². The van der Waals surface area contributed by atoms with Crippen LogP contribution in [-0.4, -0.2) is 21.3 Å². The van der Waals surface area contributed by atoms with Gasteiger partial charge in [-0.15, -0.1) is 0 Å². The number of benzene rings is 2. The van der Waals surface area contributed by atoms with E-state index < -0.39 is 5.97 Å². The van der Waals surface area contributed by atoms with Crippen LogP contribution in [0.5, 0.6) is 23.0 Å². The smallest absolute Gasteiger partial charge is 0.308 e. The third-order valence-electron chi connectivity index (χ3n) is 4.40. The van der Waals surface area contributed by atoms with Crippen LogP contribution >= 0.6 is 0 Å². The number of aromatic hydroxyl groups is 3. The third-order valence-corrected chi connectivity index (χ3v) is 4.40. The number of phenolic OH excluding ortho intramolecular Hbond substituents is 3. The summed E-state index contributed by atoms with van der Waals surface area (Å²) in [6.07, 6.45) is 1.53. The molecule has 0 fully saturated rings. The lowest BCUT2D eigenvalue weighted by Gasteiger charge is -2.20. The van der Waals surface area contributed by atoms with Crippen molar-refractivity contribution in [2.75, 3.05) is 0 Å². The van der Waals surface area contributed by atoms with E-state index >= 15 is 0 Å². The average Bonchev–Trinajstić information content (AvgIpc) is 2.53. The molecule has 5 heteroatoms. The molecule has 0 saturated carbocycles. The van der Waals surface area contributed by atoms with Crippen molar-refractivity contribution in [2.24, 2.45) is 11.8 Å². The van der Waals surface area contributed by atoms with Gasteiger partial charge < -0.3 is 20.1 Å². The van der Waals surface area contributed by atoms with Crippen molar-refractivity contribution < 1.29 is 24.9 Å². The highest BCUT2D eigenvalue weighted by Crippen LogP contribution is 2.31. The maximum Gasteiger partial charge on any atom is 0.308 e. The largest absolute Gasteiger partial charge is 0.504 e. The second-order valence-electron chi connectivity index (χ2n) is 6.58. The minimum Gasteiger partial charge on any atom is -0.504 e. The topological polar surface area (TPSA) is 87.0 Å². The van der Waals surface area contributed by atoms with Crippen LogP contribution in [0.2, 0.25) is 0 Å². The van der Waals surface area contributed by atoms with Gasteiger partial charge in [-0.25, -0.2) is 0 Å². The molecule has 3 N–H and O–H groups in total. The van der Waals surface area contributed by atoms with Gasteiger partial charge in [-0.1, -0.05) is 26.0 Å². The highest BCUT2D eigenvalue weighted by Gasteiger charge is 2.16. The van der Waals surface area contributed by atoms with Crippen LogP contribution in [0.1, 0.15) is 31.9 Å². The standard InChI is InChI=1S/C20H24O5/c1-12(8-15-4-6-17(22)18(23)10-15)13(2)9-16-5-7-20(19(24)11-16)25-14(3)21/h4-7,10-13,22-24H,8-9H2,1-3H3. The van der Waals surface area contributed by atoms with E-state index in [1.54, 1.807) is 24.3 Å². The third kappa shape index (κ3) is 5.14. The van der Waals surface area contributed by atoms with Crippen molar-refractivity contribution in [3.63, 3.8) is 0 Å². The fraction of sp³-hybridized carbons (Fsp3) is 0.350. The maximum atomic E-state index is 11.0. The summed E-state index contributed by atoms with van der Waals surface area (Å²) in [5.41, 5.74) is 1.92. The molecule has 0 aliphatic carbocycles. The van der Waals surface area contributed by atoms with Gasteiger partial charge in [0.05, 0.1) is 0 Å². The molecule has 0 aliphatic rings. The average molecular weight is 344 g/mol. The van der Waals surface area contributed by atoms with Crippen LogP contribution < -0.4 is 4.74 Å². The van der Waals surface area contributed by atoms with Crippen molar-refractivity contribution in [3.8, 4) is 23.0 Å². The normalized spacial score (nSPS) is 13.2. The molecular formula is C20H24O5. The van der Waals surface area contributed by atoms with Gasteiger partial charge in [0.1, 0.15) is 0 Å². The highest BCUT2D eigenvalue weighted by atomic mass is 16.5. The number of hydrogen-bond donors (Lipinski definition) is 3. The van der Waals surface area contributed by atoms with Crippen molar-refractivity contribution in [3.05, 3.63) is 47.5 Å². The van der Waals surface area contributed by atoms with Gasteiger partial charge in [-0.05, 0) is 60.1 Å². The van der Waals surface area contributed by atoms with E-state index in [-0.39, 0.29) is 23.0 Å². The first-order chi connectivity index (χ1) is 11.8. The summed E-state index contributed by atoms with van der Waals surface area (Å²) >= 11 is 0. The molecule has 2 unspecified atom stereocenters. The first-order valence-electron chi connectivity index (χ1n) is 8.27. The van der Waals surface area contributed by atoms with E-state index in [2.05, 4.69) is 13.8 Å². The van der Waals surface area contributed by atoms with Crippen molar-refractivity contribution >= 4 is 5.97 Å². The van der Waals surface area contributed by atoms with E-state index in [4.69, 9.17) is 4.74 Å². The fourth-order valence-corrected chi connectivity index (χ4v) is 2.77. The number of phenols is 3. The van der Waals surface area contributed by atoms with Gasteiger partial charge >= 0.3 is 5.97 Å². The molecule has 2 rings (SSSR count). The Bertz CT molecular complexity index is 754. The Morgan fingerprint density at radius 1 is 0.880 bits per heavy atom. The zero-order valence-corrected chi connectivity index (χ0v) is 14.7. The Kier molecular flexibility index (Phi) is 5.91. The Labute approximate surface area is 147 Å². The quantitative estimate of drug-likeness (QED) is 0.422. The van der Waals surface area contributed by atoms with Gasteiger partial charge in [0.25, 0.3) is 0 Å². The minimum absolute atomic E-state index is 0.0454. The summed E-state index contributed by atoms with van der Waals surface area (Å²) in [6, 6.07) is 9.94. The zero-order valence-electron chi connectivity index (χ0n) is 14.7. The molecular weight excluding hydrogens is 320 g/mol. The SMILES string of the molecule is CC(=O)Oc1ccc(CC(C)C(C)Cc2ccc(O)c(O)c2)cc1O. The Hall–Kier alpha value is -2.69. The van der Waals surface area contributed by atoms with E-state index in [9.17, 15) is 20.1 Å². The Morgan fingerprint density at radius 3 is 1.88 bits per heavy atom. The molecule has 2 aromatic rings. The fourth-order valence-electron chi connectivity index (χ4n) is 2.77. The number of esters is 1. The van der Waals surface area contributed by atoms with Crippen LogP contribution in [0.3, 0.4) is 0 Å². The Balaban J connectivity index is 2.00. The van der Waals surface area contributed by atoms with E-state index in [0.29, 0.717) is 11.8 Å². The second-order valence-corrected chi connectivity index (χ2v) is 6.58. The predicted molar refractivity (Wildman–Crippen MR) is 94.9 cm³/mol. The highest BCUT2D eigenvalue weighted by molar-refractivity contribution is 5.70. The van der Waals surface area contributed by atoms with Gasteiger partial charge in [0.2, 0.25) is 0 Å². The monoisotopic (exact) mass is 344 g/mol. The van der Waals surface area contributed by atoms with E-state index in [1.807, 2.05) is 6.07 Å². The first kappa shape index (κ1) is 18.6. The van der Waals surface area contributed by atoms with Crippen molar-refractivity contribution in [1.82, 2.24) is 0 Å². The minimum atomic E-state index is -0.470. The molecule has 0 radical (unpaired) electrons. The van der Waals surface area contributed by atoms with Gasteiger partial charge in [-0.2, -0.15) is 0 Å². The number of hydrogen-bond acceptors (Lipinski definition) is 5. The van der Waals surface area contributed by atoms with Gasteiger partial charge in [-0.3, -0.25) is 4.79 Å². The molecule has 0 heterocycles. The van der Waals surface area contributed by atoms with Crippen LogP contribution in [0, 0.1) is 11.8 Å². The molecule has 0 spiro atoms. The van der Waals surface area contributed by atoms with Crippen molar-refractivity contribution in [2.45, 2.75) is 33.6 Å². The lowest BCUT2D eigenvalue weighted by atomic mass is 9.85. The van der Waals surface area contributed by atoms with Crippen LogP contribution in [-0.2, 0) is 17.6 Å². The summed E-state index contributed by atoms with van der Waals surface area (Å²) in [7, 11) is 0. The molecule has 0 amide bonds. The van der Waals surface area contributed by atoms with Crippen LogP contribution in [0.4, 0.5) is 0 Å². The van der Waals surface area contributed by atoms with E-state index in [1.165, 1.54) is 13.0 Å². The summed E-state index contributed by atoms with van der Waals surface area (Å²) in [5.74, 6) is 0.0833.